The lowest BCUT2D eigenvalue weighted by Crippen LogP contribution is -2.15. The van der Waals surface area contributed by atoms with Crippen LogP contribution in [0, 0.1) is 6.92 Å². The molecule has 0 unspecified atom stereocenters. The van der Waals surface area contributed by atoms with Crippen molar-refractivity contribution in [1.29, 1.82) is 0 Å². The molecule has 0 saturated heterocycles. The molecular weight excluding hydrogens is 235 g/mol. The fraction of sp³-hybridized carbons (Fsp3) is 0.250. The predicted molar refractivity (Wildman–Crippen MR) is 45.9 cm³/mol. The summed E-state index contributed by atoms with van der Waals surface area (Å²) < 4.78 is 37.3. The molecule has 3 nitrogen and oxygen atoms in total. The van der Waals surface area contributed by atoms with Crippen molar-refractivity contribution < 1.29 is 23.1 Å². The van der Waals surface area contributed by atoms with Gasteiger partial charge in [0.25, 0.3) is 0 Å². The number of aromatic carboxylic acids is 1. The molecule has 82 valence electrons. The van der Waals surface area contributed by atoms with Gasteiger partial charge < -0.3 is 5.11 Å². The van der Waals surface area contributed by atoms with Gasteiger partial charge in [-0.1, -0.05) is 11.6 Å². The van der Waals surface area contributed by atoms with E-state index in [1.807, 2.05) is 0 Å². The second-order valence-electron chi connectivity index (χ2n) is 2.78. The Bertz CT molecular complexity index is 417. The number of hydrogen-bond acceptors (Lipinski definition) is 2. The fourth-order valence-corrected chi connectivity index (χ4v) is 1.38. The van der Waals surface area contributed by atoms with Crippen LogP contribution in [0.3, 0.4) is 0 Å². The highest BCUT2D eigenvalue weighted by Gasteiger charge is 2.37. The average molecular weight is 240 g/mol. The zero-order valence-electron chi connectivity index (χ0n) is 7.39. The first kappa shape index (κ1) is 11.8. The van der Waals surface area contributed by atoms with E-state index in [1.165, 1.54) is 6.92 Å². The van der Waals surface area contributed by atoms with Gasteiger partial charge in [-0.2, -0.15) is 13.2 Å². The molecule has 0 spiro atoms. The summed E-state index contributed by atoms with van der Waals surface area (Å²) in [6.07, 6.45) is -4.76. The Morgan fingerprint density at radius 2 is 2.07 bits per heavy atom. The van der Waals surface area contributed by atoms with Crippen LogP contribution in [0.25, 0.3) is 0 Å². The monoisotopic (exact) mass is 239 g/mol. The molecular formula is C8H5ClF3NO2. The Labute approximate surface area is 87.5 Å². The van der Waals surface area contributed by atoms with Gasteiger partial charge in [0.2, 0.25) is 0 Å². The molecule has 0 aliphatic heterocycles. The number of pyridine rings is 1. The Hall–Kier alpha value is -1.30. The van der Waals surface area contributed by atoms with Crippen molar-refractivity contribution in [2.24, 2.45) is 0 Å². The summed E-state index contributed by atoms with van der Waals surface area (Å²) >= 11 is 5.34. The summed E-state index contributed by atoms with van der Waals surface area (Å²) in [6, 6.07) is 0.648. The summed E-state index contributed by atoms with van der Waals surface area (Å²) in [5.41, 5.74) is -2.29. The third-order valence-corrected chi connectivity index (χ3v) is 1.90. The second kappa shape index (κ2) is 3.69. The largest absolute Gasteiger partial charge is 0.478 e. The number of alkyl halides is 3. The zero-order chi connectivity index (χ0) is 11.8. The maximum atomic E-state index is 12.4. The number of rotatable bonds is 1. The standard InChI is InChI=1S/C8H5ClF3NO2/c1-3-2-4(8(10,11)12)5(7(14)15)6(9)13-3/h2H,1H3,(H,14,15). The zero-order valence-corrected chi connectivity index (χ0v) is 8.15. The highest BCUT2D eigenvalue weighted by molar-refractivity contribution is 6.32. The fourth-order valence-electron chi connectivity index (χ4n) is 1.06. The van der Waals surface area contributed by atoms with Crippen molar-refractivity contribution in [2.75, 3.05) is 0 Å². The van der Waals surface area contributed by atoms with Crippen molar-refractivity contribution in [3.63, 3.8) is 0 Å². The van der Waals surface area contributed by atoms with Crippen LogP contribution >= 0.6 is 11.6 Å². The SMILES string of the molecule is Cc1cc(C(F)(F)F)c(C(=O)O)c(Cl)n1. The Morgan fingerprint density at radius 1 is 1.53 bits per heavy atom. The minimum absolute atomic E-state index is 0.0114. The molecule has 0 fully saturated rings. The smallest absolute Gasteiger partial charge is 0.417 e. The average Bonchev–Trinajstić information content (AvgIpc) is 1.99. The van der Waals surface area contributed by atoms with Crippen LogP contribution in [0.2, 0.25) is 5.15 Å². The predicted octanol–water partition coefficient (Wildman–Crippen LogP) is 2.76. The van der Waals surface area contributed by atoms with E-state index in [1.54, 1.807) is 0 Å². The lowest BCUT2D eigenvalue weighted by Gasteiger charge is -2.11. The Morgan fingerprint density at radius 3 is 2.47 bits per heavy atom. The quantitative estimate of drug-likeness (QED) is 0.767. The third kappa shape index (κ3) is 2.38. The van der Waals surface area contributed by atoms with Crippen molar-refractivity contribution in [1.82, 2.24) is 4.98 Å². The summed E-state index contributed by atoms with van der Waals surface area (Å²) in [4.78, 5) is 14.0. The number of carboxylic acids is 1. The first-order valence-corrected chi connectivity index (χ1v) is 4.09. The van der Waals surface area contributed by atoms with Crippen LogP contribution in [0.4, 0.5) is 13.2 Å². The van der Waals surface area contributed by atoms with Crippen molar-refractivity contribution in [3.8, 4) is 0 Å². The van der Waals surface area contributed by atoms with Gasteiger partial charge in [0.05, 0.1) is 5.56 Å². The molecule has 1 heterocycles. The highest BCUT2D eigenvalue weighted by atomic mass is 35.5. The molecule has 0 amide bonds. The molecule has 1 rings (SSSR count). The summed E-state index contributed by atoms with van der Waals surface area (Å²) in [6.45, 7) is 1.30. The lowest BCUT2D eigenvalue weighted by molar-refractivity contribution is -0.138. The van der Waals surface area contributed by atoms with E-state index in [-0.39, 0.29) is 5.69 Å². The number of nitrogens with zero attached hydrogens (tertiary/aromatic N) is 1. The van der Waals surface area contributed by atoms with E-state index >= 15 is 0 Å². The number of halogens is 4. The Kier molecular flexibility index (Phi) is 2.90. The van der Waals surface area contributed by atoms with E-state index in [0.717, 1.165) is 0 Å². The molecule has 0 aromatic carbocycles. The molecule has 0 saturated carbocycles. The first-order valence-electron chi connectivity index (χ1n) is 3.71. The van der Waals surface area contributed by atoms with Gasteiger partial charge >= 0.3 is 12.1 Å². The molecule has 0 aliphatic rings. The van der Waals surface area contributed by atoms with Crippen LogP contribution < -0.4 is 0 Å². The van der Waals surface area contributed by atoms with Gasteiger partial charge in [0, 0.05) is 5.69 Å². The number of carboxylic acid groups (broad SMARTS) is 1. The molecule has 0 atom stereocenters. The molecule has 1 aromatic rings. The van der Waals surface area contributed by atoms with E-state index in [9.17, 15) is 18.0 Å². The van der Waals surface area contributed by atoms with Crippen LogP contribution in [0.5, 0.6) is 0 Å². The number of aromatic nitrogens is 1. The van der Waals surface area contributed by atoms with Crippen molar-refractivity contribution >= 4 is 17.6 Å². The molecule has 1 aromatic heterocycles. The minimum Gasteiger partial charge on any atom is -0.478 e. The van der Waals surface area contributed by atoms with Crippen molar-refractivity contribution in [3.05, 3.63) is 28.0 Å². The highest BCUT2D eigenvalue weighted by Crippen LogP contribution is 2.34. The molecule has 0 aliphatic carbocycles. The van der Waals surface area contributed by atoms with Gasteiger partial charge in [-0.15, -0.1) is 0 Å². The number of hydrogen-bond donors (Lipinski definition) is 1. The number of carbonyl (C=O) groups is 1. The lowest BCUT2D eigenvalue weighted by atomic mass is 10.1. The van der Waals surface area contributed by atoms with Gasteiger partial charge in [-0.05, 0) is 13.0 Å². The molecule has 1 N–H and O–H groups in total. The topological polar surface area (TPSA) is 50.2 Å². The van der Waals surface area contributed by atoms with Gasteiger partial charge in [0.1, 0.15) is 10.7 Å². The second-order valence-corrected chi connectivity index (χ2v) is 3.14. The molecule has 7 heteroatoms. The molecule has 0 radical (unpaired) electrons. The Balaban J connectivity index is 3.54. The maximum absolute atomic E-state index is 12.4. The van der Waals surface area contributed by atoms with Gasteiger partial charge in [0.15, 0.2) is 0 Å². The molecule has 15 heavy (non-hydrogen) atoms. The number of aryl methyl sites for hydroxylation is 1. The first-order chi connectivity index (χ1) is 6.73. The van der Waals surface area contributed by atoms with Crippen LogP contribution in [-0.2, 0) is 6.18 Å². The van der Waals surface area contributed by atoms with E-state index in [0.29, 0.717) is 6.07 Å². The van der Waals surface area contributed by atoms with Gasteiger partial charge in [-0.3, -0.25) is 0 Å². The third-order valence-electron chi connectivity index (χ3n) is 1.62. The van der Waals surface area contributed by atoms with Crippen LogP contribution in [0.15, 0.2) is 6.07 Å². The van der Waals surface area contributed by atoms with Crippen LogP contribution in [-0.4, -0.2) is 16.1 Å². The summed E-state index contributed by atoms with van der Waals surface area (Å²) in [7, 11) is 0. The minimum atomic E-state index is -4.76. The van der Waals surface area contributed by atoms with Crippen molar-refractivity contribution in [2.45, 2.75) is 13.1 Å². The maximum Gasteiger partial charge on any atom is 0.417 e. The molecule has 0 bridgehead atoms. The van der Waals surface area contributed by atoms with Gasteiger partial charge in [-0.25, -0.2) is 9.78 Å². The summed E-state index contributed by atoms with van der Waals surface area (Å²) in [5, 5.41) is 7.92. The van der Waals surface area contributed by atoms with Crippen LogP contribution in [0.1, 0.15) is 21.6 Å². The van der Waals surface area contributed by atoms with E-state index < -0.39 is 28.4 Å². The van der Waals surface area contributed by atoms with E-state index in [2.05, 4.69) is 4.98 Å². The normalized spacial score (nSPS) is 11.5. The summed E-state index contributed by atoms with van der Waals surface area (Å²) in [5.74, 6) is -1.75. The van der Waals surface area contributed by atoms with E-state index in [4.69, 9.17) is 16.7 Å².